The van der Waals surface area contributed by atoms with Gasteiger partial charge in [0.25, 0.3) is 5.91 Å². The molecule has 2 N–H and O–H groups in total. The van der Waals surface area contributed by atoms with Gasteiger partial charge in [0.15, 0.2) is 0 Å². The Hall–Kier alpha value is -2.56. The molecule has 5 nitrogen and oxygen atoms in total. The molecule has 24 heavy (non-hydrogen) atoms. The van der Waals surface area contributed by atoms with Crippen molar-refractivity contribution in [3.8, 4) is 0 Å². The summed E-state index contributed by atoms with van der Waals surface area (Å²) in [4.78, 5) is 24.0. The molecule has 2 rings (SSSR count). The summed E-state index contributed by atoms with van der Waals surface area (Å²) in [5, 5.41) is 12.0. The van der Waals surface area contributed by atoms with Crippen LogP contribution in [0, 0.1) is 6.92 Å². The van der Waals surface area contributed by atoms with E-state index in [-0.39, 0.29) is 11.8 Å². The Morgan fingerprint density at radius 3 is 2.33 bits per heavy atom. The summed E-state index contributed by atoms with van der Waals surface area (Å²) in [6.07, 6.45) is 0.227. The van der Waals surface area contributed by atoms with Crippen LogP contribution in [0.2, 0.25) is 0 Å². The van der Waals surface area contributed by atoms with Gasteiger partial charge in [-0.3, -0.25) is 4.79 Å². The molecule has 0 aliphatic heterocycles. The summed E-state index contributed by atoms with van der Waals surface area (Å²) < 4.78 is 5.65. The highest BCUT2D eigenvalue weighted by Gasteiger charge is 2.26. The zero-order chi connectivity index (χ0) is 17.9. The van der Waals surface area contributed by atoms with Gasteiger partial charge in [0.05, 0.1) is 5.56 Å². The largest absolute Gasteiger partial charge is 0.480 e. The molecule has 0 unspecified atom stereocenters. The SMILES string of the molecule is Cc1oc(C(C)(C)C)cc1C(=O)N[C@@H](Cc1ccccc1)C(=O)O. The molecule has 0 saturated carbocycles. The summed E-state index contributed by atoms with van der Waals surface area (Å²) in [6, 6.07) is 9.91. The first-order valence-corrected chi connectivity index (χ1v) is 7.87. The molecular formula is C19H23NO4. The zero-order valence-electron chi connectivity index (χ0n) is 14.4. The number of hydrogen-bond donors (Lipinski definition) is 2. The molecule has 0 saturated heterocycles. The van der Waals surface area contributed by atoms with Gasteiger partial charge in [-0.25, -0.2) is 4.79 Å². The van der Waals surface area contributed by atoms with E-state index in [1.54, 1.807) is 13.0 Å². The lowest BCUT2D eigenvalue weighted by molar-refractivity contribution is -0.139. The summed E-state index contributed by atoms with van der Waals surface area (Å²) in [5.41, 5.74) is 1.00. The lowest BCUT2D eigenvalue weighted by Gasteiger charge is -2.14. The molecule has 1 atom stereocenters. The van der Waals surface area contributed by atoms with Crippen LogP contribution >= 0.6 is 0 Å². The van der Waals surface area contributed by atoms with Crippen LogP contribution in [0.15, 0.2) is 40.8 Å². The Labute approximate surface area is 141 Å². The second-order valence-corrected chi connectivity index (χ2v) is 6.88. The average molecular weight is 329 g/mol. The van der Waals surface area contributed by atoms with Crippen LogP contribution in [-0.4, -0.2) is 23.0 Å². The van der Waals surface area contributed by atoms with Crippen LogP contribution in [0.4, 0.5) is 0 Å². The Kier molecular flexibility index (Phi) is 5.12. The van der Waals surface area contributed by atoms with Gasteiger partial charge in [0, 0.05) is 11.8 Å². The van der Waals surface area contributed by atoms with E-state index in [0.717, 1.165) is 5.56 Å². The molecule has 0 aliphatic carbocycles. The van der Waals surface area contributed by atoms with Gasteiger partial charge in [0.2, 0.25) is 0 Å². The van der Waals surface area contributed by atoms with Gasteiger partial charge in [-0.15, -0.1) is 0 Å². The smallest absolute Gasteiger partial charge is 0.326 e. The van der Waals surface area contributed by atoms with E-state index < -0.39 is 17.9 Å². The van der Waals surface area contributed by atoms with E-state index in [9.17, 15) is 14.7 Å². The molecule has 1 amide bonds. The maximum atomic E-state index is 12.5. The van der Waals surface area contributed by atoms with Gasteiger partial charge >= 0.3 is 5.97 Å². The number of carboxylic acids is 1. The van der Waals surface area contributed by atoms with Crippen molar-refractivity contribution in [2.24, 2.45) is 0 Å². The number of aliphatic carboxylic acids is 1. The van der Waals surface area contributed by atoms with Crippen molar-refractivity contribution in [3.05, 3.63) is 59.0 Å². The Balaban J connectivity index is 2.17. The first kappa shape index (κ1) is 17.8. The Morgan fingerprint density at radius 2 is 1.83 bits per heavy atom. The maximum absolute atomic E-state index is 12.5. The molecule has 0 bridgehead atoms. The van der Waals surface area contributed by atoms with Gasteiger partial charge in [-0.2, -0.15) is 0 Å². The second-order valence-electron chi connectivity index (χ2n) is 6.88. The number of nitrogens with one attached hydrogen (secondary N) is 1. The van der Waals surface area contributed by atoms with E-state index in [1.165, 1.54) is 0 Å². The fraction of sp³-hybridized carbons (Fsp3) is 0.368. The van der Waals surface area contributed by atoms with Gasteiger partial charge < -0.3 is 14.8 Å². The number of aryl methyl sites for hydroxylation is 1. The number of rotatable bonds is 5. The van der Waals surface area contributed by atoms with Crippen LogP contribution in [-0.2, 0) is 16.6 Å². The number of hydrogen-bond acceptors (Lipinski definition) is 3. The molecule has 0 aliphatic rings. The highest BCUT2D eigenvalue weighted by Crippen LogP contribution is 2.27. The van der Waals surface area contributed by atoms with Crippen LogP contribution in [0.1, 0.15) is 48.2 Å². The van der Waals surface area contributed by atoms with Crippen molar-refractivity contribution in [3.63, 3.8) is 0 Å². The summed E-state index contributed by atoms with van der Waals surface area (Å²) in [6.45, 7) is 7.67. The molecule has 128 valence electrons. The highest BCUT2D eigenvalue weighted by atomic mass is 16.4. The van der Waals surface area contributed by atoms with Crippen molar-refractivity contribution >= 4 is 11.9 Å². The fourth-order valence-corrected chi connectivity index (χ4v) is 2.36. The third-order valence-corrected chi connectivity index (χ3v) is 3.79. The van der Waals surface area contributed by atoms with Crippen molar-refractivity contribution in [1.82, 2.24) is 5.32 Å². The van der Waals surface area contributed by atoms with Crippen molar-refractivity contribution in [2.75, 3.05) is 0 Å². The van der Waals surface area contributed by atoms with Crippen LogP contribution < -0.4 is 5.32 Å². The summed E-state index contributed by atoms with van der Waals surface area (Å²) >= 11 is 0. The predicted molar refractivity (Wildman–Crippen MR) is 91.2 cm³/mol. The second kappa shape index (κ2) is 6.91. The number of carboxylic acid groups (broad SMARTS) is 1. The van der Waals surface area contributed by atoms with E-state index in [0.29, 0.717) is 17.1 Å². The Morgan fingerprint density at radius 1 is 1.21 bits per heavy atom. The molecule has 5 heteroatoms. The first-order valence-electron chi connectivity index (χ1n) is 7.87. The summed E-state index contributed by atoms with van der Waals surface area (Å²) in [5.74, 6) is -0.319. The third kappa shape index (κ3) is 4.25. The highest BCUT2D eigenvalue weighted by molar-refractivity contribution is 5.97. The van der Waals surface area contributed by atoms with Crippen molar-refractivity contribution < 1.29 is 19.1 Å². The normalized spacial score (nSPS) is 12.7. The topological polar surface area (TPSA) is 79.5 Å². The molecule has 0 radical (unpaired) electrons. The monoisotopic (exact) mass is 329 g/mol. The quantitative estimate of drug-likeness (QED) is 0.882. The predicted octanol–water partition coefficient (Wildman–Crippen LogP) is 3.31. The van der Waals surface area contributed by atoms with Crippen LogP contribution in [0.25, 0.3) is 0 Å². The molecular weight excluding hydrogens is 306 g/mol. The fourth-order valence-electron chi connectivity index (χ4n) is 2.36. The number of furan rings is 1. The van der Waals surface area contributed by atoms with E-state index in [4.69, 9.17) is 4.42 Å². The molecule has 1 aromatic carbocycles. The molecule has 1 heterocycles. The van der Waals surface area contributed by atoms with Gasteiger partial charge in [-0.05, 0) is 18.6 Å². The number of carbonyl (C=O) groups excluding carboxylic acids is 1. The van der Waals surface area contributed by atoms with Crippen molar-refractivity contribution in [1.29, 1.82) is 0 Å². The lowest BCUT2D eigenvalue weighted by Crippen LogP contribution is -2.42. The minimum absolute atomic E-state index is 0.223. The standard InChI is InChI=1S/C19H23NO4/c1-12-14(11-16(24-12)19(2,3)4)17(21)20-15(18(22)23)10-13-8-6-5-7-9-13/h5-9,11,15H,10H2,1-4H3,(H,20,21)(H,22,23)/t15-/m0/s1. The summed E-state index contributed by atoms with van der Waals surface area (Å²) in [7, 11) is 0. The van der Waals surface area contributed by atoms with Crippen LogP contribution in [0.3, 0.4) is 0 Å². The Bertz CT molecular complexity index is 726. The number of amides is 1. The van der Waals surface area contributed by atoms with Gasteiger partial charge in [0.1, 0.15) is 17.6 Å². The zero-order valence-corrected chi connectivity index (χ0v) is 14.4. The molecule has 0 spiro atoms. The number of carbonyl (C=O) groups is 2. The van der Waals surface area contributed by atoms with Crippen LogP contribution in [0.5, 0.6) is 0 Å². The van der Waals surface area contributed by atoms with E-state index in [2.05, 4.69) is 5.32 Å². The average Bonchev–Trinajstić information content (AvgIpc) is 2.89. The minimum Gasteiger partial charge on any atom is -0.480 e. The maximum Gasteiger partial charge on any atom is 0.326 e. The molecule has 0 fully saturated rings. The van der Waals surface area contributed by atoms with Crippen molar-refractivity contribution in [2.45, 2.75) is 45.6 Å². The minimum atomic E-state index is -1.07. The number of benzene rings is 1. The van der Waals surface area contributed by atoms with Gasteiger partial charge in [-0.1, -0.05) is 51.1 Å². The molecule has 2 aromatic rings. The lowest BCUT2D eigenvalue weighted by atomic mass is 9.93. The first-order chi connectivity index (χ1) is 11.2. The molecule has 1 aromatic heterocycles. The van der Waals surface area contributed by atoms with E-state index >= 15 is 0 Å². The van der Waals surface area contributed by atoms with E-state index in [1.807, 2.05) is 51.1 Å². The third-order valence-electron chi connectivity index (χ3n) is 3.79.